The second-order valence-corrected chi connectivity index (χ2v) is 7.96. The monoisotopic (exact) mass is 418 g/mol. The molecule has 7 nitrogen and oxygen atoms in total. The number of nitrogens with zero attached hydrogens (tertiary/aromatic N) is 5. The smallest absolute Gasteiger partial charge is 0.205 e. The van der Waals surface area contributed by atoms with Gasteiger partial charge in [-0.15, -0.1) is 10.2 Å². The second-order valence-electron chi connectivity index (χ2n) is 6.92. The number of nitrogens with one attached hydrogen (secondary N) is 1. The highest BCUT2D eigenvalue weighted by Crippen LogP contribution is 2.30. The maximum atomic E-state index is 11.0. The highest BCUT2D eigenvalue weighted by Gasteiger charge is 2.13. The normalized spacial score (nSPS) is 10.8. The van der Waals surface area contributed by atoms with Crippen molar-refractivity contribution in [2.75, 3.05) is 11.4 Å². The van der Waals surface area contributed by atoms with Crippen LogP contribution in [0.5, 0.6) is 0 Å². The number of hydrogen-bond donors (Lipinski definition) is 1. The van der Waals surface area contributed by atoms with Crippen molar-refractivity contribution in [2.45, 2.75) is 26.3 Å². The molecular formula is C22H22N6OS. The lowest BCUT2D eigenvalue weighted by atomic mass is 9.98. The summed E-state index contributed by atoms with van der Waals surface area (Å²) >= 11 is 1.44. The quantitative estimate of drug-likeness (QED) is 0.399. The Bertz CT molecular complexity index is 1090. The van der Waals surface area contributed by atoms with E-state index in [1.165, 1.54) is 16.9 Å². The fourth-order valence-electron chi connectivity index (χ4n) is 3.28. The van der Waals surface area contributed by atoms with Gasteiger partial charge < -0.3 is 4.90 Å². The third kappa shape index (κ3) is 4.44. The predicted octanol–water partition coefficient (Wildman–Crippen LogP) is 4.61. The van der Waals surface area contributed by atoms with E-state index in [1.54, 1.807) is 6.20 Å². The Morgan fingerprint density at radius 2 is 1.90 bits per heavy atom. The largest absolute Gasteiger partial charge is 0.344 e. The van der Waals surface area contributed by atoms with E-state index in [0.717, 1.165) is 54.0 Å². The van der Waals surface area contributed by atoms with Crippen molar-refractivity contribution in [3.63, 3.8) is 0 Å². The van der Waals surface area contributed by atoms with Crippen LogP contribution in [0.1, 0.15) is 35.0 Å². The molecule has 30 heavy (non-hydrogen) atoms. The molecule has 2 heterocycles. The summed E-state index contributed by atoms with van der Waals surface area (Å²) < 4.78 is 0. The topological polar surface area (TPSA) is 87.7 Å². The third-order valence-electron chi connectivity index (χ3n) is 4.83. The number of tetrazole rings is 1. The van der Waals surface area contributed by atoms with Gasteiger partial charge in [-0.3, -0.25) is 4.79 Å². The van der Waals surface area contributed by atoms with Gasteiger partial charge in [0, 0.05) is 18.7 Å². The second kappa shape index (κ2) is 9.41. The van der Waals surface area contributed by atoms with Crippen molar-refractivity contribution in [1.82, 2.24) is 25.6 Å². The Labute approximate surface area is 178 Å². The lowest BCUT2D eigenvalue weighted by Crippen LogP contribution is -2.23. The molecule has 0 aliphatic carbocycles. The van der Waals surface area contributed by atoms with Crippen LogP contribution in [0.25, 0.3) is 22.5 Å². The molecule has 0 bridgehead atoms. The SMILES string of the molecule is CCCCN(Cc1ccc(-c2ccccc2-c2nn[nH]n2)cc1)c1ncc(C=O)s1. The standard InChI is InChI=1S/C22H22N6OS/c1-2-3-12-28(22-23-13-18(15-29)30-22)14-16-8-10-17(11-9-16)19-6-4-5-7-20(19)21-24-26-27-25-21/h4-11,13,15H,2-3,12,14H2,1H3,(H,24,25,26,27). The molecule has 152 valence electrons. The van der Waals surface area contributed by atoms with Crippen LogP contribution in [0.3, 0.4) is 0 Å². The number of thiazole rings is 1. The van der Waals surface area contributed by atoms with Crippen molar-refractivity contribution in [1.29, 1.82) is 0 Å². The molecule has 8 heteroatoms. The summed E-state index contributed by atoms with van der Waals surface area (Å²) in [6.07, 6.45) is 4.68. The highest BCUT2D eigenvalue weighted by molar-refractivity contribution is 7.17. The Morgan fingerprint density at radius 3 is 2.57 bits per heavy atom. The first-order valence-electron chi connectivity index (χ1n) is 9.86. The summed E-state index contributed by atoms with van der Waals surface area (Å²) in [4.78, 5) is 18.4. The van der Waals surface area contributed by atoms with Gasteiger partial charge >= 0.3 is 0 Å². The van der Waals surface area contributed by atoms with Crippen LogP contribution >= 0.6 is 11.3 Å². The molecule has 2 aromatic heterocycles. The molecule has 0 unspecified atom stereocenters. The lowest BCUT2D eigenvalue weighted by molar-refractivity contribution is 0.112. The number of carbonyl (C=O) groups excluding carboxylic acids is 1. The third-order valence-corrected chi connectivity index (χ3v) is 5.81. The van der Waals surface area contributed by atoms with E-state index in [-0.39, 0.29) is 0 Å². The fraction of sp³-hybridized carbons (Fsp3) is 0.227. The molecule has 2 aromatic carbocycles. The van der Waals surface area contributed by atoms with Gasteiger partial charge in [-0.2, -0.15) is 5.21 Å². The molecule has 0 spiro atoms. The fourth-order valence-corrected chi connectivity index (χ4v) is 4.04. The van der Waals surface area contributed by atoms with Crippen molar-refractivity contribution in [3.05, 3.63) is 65.2 Å². The molecule has 0 aliphatic heterocycles. The van der Waals surface area contributed by atoms with E-state index in [9.17, 15) is 4.79 Å². The lowest BCUT2D eigenvalue weighted by Gasteiger charge is -2.22. The number of H-pyrrole nitrogens is 1. The molecule has 0 radical (unpaired) electrons. The average molecular weight is 419 g/mol. The van der Waals surface area contributed by atoms with E-state index >= 15 is 0 Å². The van der Waals surface area contributed by atoms with E-state index in [4.69, 9.17) is 0 Å². The number of hydrogen-bond acceptors (Lipinski definition) is 7. The zero-order chi connectivity index (χ0) is 20.8. The van der Waals surface area contributed by atoms with Gasteiger partial charge in [0.15, 0.2) is 11.4 Å². The van der Waals surface area contributed by atoms with E-state index in [2.05, 4.69) is 67.8 Å². The number of benzene rings is 2. The number of aldehydes is 1. The van der Waals surface area contributed by atoms with Gasteiger partial charge in [0.1, 0.15) is 0 Å². The zero-order valence-electron chi connectivity index (χ0n) is 16.7. The van der Waals surface area contributed by atoms with Crippen LogP contribution in [-0.4, -0.2) is 38.4 Å². The van der Waals surface area contributed by atoms with Gasteiger partial charge in [0.05, 0.1) is 11.1 Å². The summed E-state index contributed by atoms with van der Waals surface area (Å²) in [5.74, 6) is 0.579. The van der Waals surface area contributed by atoms with Crippen molar-refractivity contribution >= 4 is 22.8 Å². The van der Waals surface area contributed by atoms with Crippen LogP contribution in [-0.2, 0) is 6.54 Å². The first kappa shape index (κ1) is 19.9. The molecule has 0 fully saturated rings. The number of carbonyl (C=O) groups is 1. The number of aromatic amines is 1. The van der Waals surface area contributed by atoms with Crippen LogP contribution in [0, 0.1) is 0 Å². The highest BCUT2D eigenvalue weighted by atomic mass is 32.1. The summed E-state index contributed by atoms with van der Waals surface area (Å²) in [5, 5.41) is 15.3. The summed E-state index contributed by atoms with van der Waals surface area (Å²) in [7, 11) is 0. The minimum atomic E-state index is 0.579. The molecular weight excluding hydrogens is 396 g/mol. The predicted molar refractivity (Wildman–Crippen MR) is 119 cm³/mol. The summed E-state index contributed by atoms with van der Waals surface area (Å²) in [6.45, 7) is 3.83. The number of anilines is 1. The van der Waals surface area contributed by atoms with Crippen molar-refractivity contribution < 1.29 is 4.79 Å². The van der Waals surface area contributed by atoms with Crippen LogP contribution < -0.4 is 4.90 Å². The summed E-state index contributed by atoms with van der Waals surface area (Å²) in [6, 6.07) is 16.5. The maximum absolute atomic E-state index is 11.0. The molecule has 0 atom stereocenters. The first-order valence-corrected chi connectivity index (χ1v) is 10.7. The maximum Gasteiger partial charge on any atom is 0.205 e. The Morgan fingerprint density at radius 1 is 1.10 bits per heavy atom. The van der Waals surface area contributed by atoms with E-state index in [0.29, 0.717) is 10.7 Å². The zero-order valence-corrected chi connectivity index (χ0v) is 17.5. The van der Waals surface area contributed by atoms with Crippen LogP contribution in [0.4, 0.5) is 5.13 Å². The molecule has 0 saturated carbocycles. The molecule has 4 aromatic rings. The molecule has 0 saturated heterocycles. The van der Waals surface area contributed by atoms with Crippen LogP contribution in [0.2, 0.25) is 0 Å². The number of unbranched alkanes of at least 4 members (excludes halogenated alkanes) is 1. The van der Waals surface area contributed by atoms with Crippen LogP contribution in [0.15, 0.2) is 54.7 Å². The Balaban J connectivity index is 1.56. The van der Waals surface area contributed by atoms with E-state index < -0.39 is 0 Å². The van der Waals surface area contributed by atoms with Crippen molar-refractivity contribution in [3.8, 4) is 22.5 Å². The molecule has 0 amide bonds. The Kier molecular flexibility index (Phi) is 6.24. The van der Waals surface area contributed by atoms with E-state index in [1.807, 2.05) is 18.2 Å². The number of aromatic nitrogens is 5. The molecule has 0 aliphatic rings. The minimum Gasteiger partial charge on any atom is -0.344 e. The van der Waals surface area contributed by atoms with Gasteiger partial charge in [-0.1, -0.05) is 73.2 Å². The average Bonchev–Trinajstić information content (AvgIpc) is 3.49. The number of rotatable bonds is 9. The van der Waals surface area contributed by atoms with Crippen molar-refractivity contribution in [2.24, 2.45) is 0 Å². The van der Waals surface area contributed by atoms with Gasteiger partial charge in [0.25, 0.3) is 0 Å². The summed E-state index contributed by atoms with van der Waals surface area (Å²) in [5.41, 5.74) is 4.28. The molecule has 1 N–H and O–H groups in total. The van der Waals surface area contributed by atoms with Gasteiger partial charge in [-0.25, -0.2) is 4.98 Å². The Hall–Kier alpha value is -3.39. The van der Waals surface area contributed by atoms with Gasteiger partial charge in [0.2, 0.25) is 5.82 Å². The minimum absolute atomic E-state index is 0.579. The molecule has 4 rings (SSSR count). The van der Waals surface area contributed by atoms with Gasteiger partial charge in [-0.05, 0) is 28.3 Å². The first-order chi connectivity index (χ1) is 14.8.